The van der Waals surface area contributed by atoms with E-state index in [1.54, 1.807) is 4.90 Å². The molecule has 2 heterocycles. The number of anilines is 2. The summed E-state index contributed by atoms with van der Waals surface area (Å²) in [5, 5.41) is 17.6. The number of halogens is 1. The van der Waals surface area contributed by atoms with Gasteiger partial charge in [0.2, 0.25) is 11.8 Å². The molecule has 1 amide bonds. The van der Waals surface area contributed by atoms with Crippen molar-refractivity contribution in [1.29, 1.82) is 0 Å². The summed E-state index contributed by atoms with van der Waals surface area (Å²) in [5.41, 5.74) is 0.284. The number of nitro groups is 1. The van der Waals surface area contributed by atoms with Gasteiger partial charge in [0.25, 0.3) is 0 Å². The molecule has 1 aliphatic rings. The third-order valence-corrected chi connectivity index (χ3v) is 5.47. The van der Waals surface area contributed by atoms with Crippen LogP contribution in [0, 0.1) is 19.6 Å². The normalized spacial score (nSPS) is 16.0. The number of hydrogen-bond donors (Lipinski definition) is 2. The van der Waals surface area contributed by atoms with Gasteiger partial charge in [0, 0.05) is 29.7 Å². The van der Waals surface area contributed by atoms with Crippen LogP contribution in [0.2, 0.25) is 0 Å². The summed E-state index contributed by atoms with van der Waals surface area (Å²) in [5.74, 6) is 0.675. The van der Waals surface area contributed by atoms with Crippen molar-refractivity contribution in [1.82, 2.24) is 14.9 Å². The van der Waals surface area contributed by atoms with Crippen molar-refractivity contribution in [2.75, 3.05) is 30.3 Å². The van der Waals surface area contributed by atoms with Gasteiger partial charge in [0.15, 0.2) is 0 Å². The number of hydrogen-bond acceptors (Lipinski definition) is 8. The molecule has 0 spiro atoms. The first-order valence-corrected chi connectivity index (χ1v) is 11.4. The van der Waals surface area contributed by atoms with Crippen molar-refractivity contribution in [3.05, 3.63) is 49.7 Å². The van der Waals surface area contributed by atoms with Crippen LogP contribution in [0.15, 0.2) is 30.5 Å². The monoisotopic (exact) mass is 554 g/mol. The highest BCUT2D eigenvalue weighted by Gasteiger charge is 2.29. The lowest BCUT2D eigenvalue weighted by Gasteiger charge is -2.24. The fraction of sp³-hybridized carbons (Fsp3) is 0.476. The number of ether oxygens (including phenoxy) is 1. The summed E-state index contributed by atoms with van der Waals surface area (Å²) in [6, 6.07) is 7.85. The third-order valence-electron chi connectivity index (χ3n) is 4.80. The van der Waals surface area contributed by atoms with E-state index in [4.69, 9.17) is 4.74 Å². The number of aromatic nitrogens is 2. The molecule has 32 heavy (non-hydrogen) atoms. The molecular formula is C21H27IN6O4. The molecule has 172 valence electrons. The largest absolute Gasteiger partial charge is 0.444 e. The molecule has 1 aromatic carbocycles. The minimum Gasteiger partial charge on any atom is -0.444 e. The number of likely N-dealkylation sites (tertiary alicyclic amines) is 1. The van der Waals surface area contributed by atoms with Gasteiger partial charge in [-0.2, -0.15) is 4.98 Å². The Labute approximate surface area is 200 Å². The average molecular weight is 554 g/mol. The van der Waals surface area contributed by atoms with E-state index in [9.17, 15) is 14.9 Å². The van der Waals surface area contributed by atoms with Gasteiger partial charge in [-0.15, -0.1) is 0 Å². The number of nitrogens with zero attached hydrogens (tertiary/aromatic N) is 4. The van der Waals surface area contributed by atoms with Crippen LogP contribution in [-0.2, 0) is 11.3 Å². The van der Waals surface area contributed by atoms with Crippen LogP contribution in [0.25, 0.3) is 0 Å². The van der Waals surface area contributed by atoms with Crippen molar-refractivity contribution in [3.63, 3.8) is 0 Å². The van der Waals surface area contributed by atoms with E-state index in [2.05, 4.69) is 43.2 Å². The number of carbonyl (C=O) groups is 1. The van der Waals surface area contributed by atoms with Crippen molar-refractivity contribution < 1.29 is 14.5 Å². The van der Waals surface area contributed by atoms with E-state index in [1.807, 2.05) is 45.0 Å². The van der Waals surface area contributed by atoms with Crippen molar-refractivity contribution in [2.24, 2.45) is 5.92 Å². The van der Waals surface area contributed by atoms with Crippen LogP contribution in [0.5, 0.6) is 0 Å². The summed E-state index contributed by atoms with van der Waals surface area (Å²) in [4.78, 5) is 33.2. The lowest BCUT2D eigenvalue weighted by molar-refractivity contribution is -0.384. The summed E-state index contributed by atoms with van der Waals surface area (Å²) in [7, 11) is 0. The number of amides is 1. The van der Waals surface area contributed by atoms with Gasteiger partial charge in [-0.1, -0.05) is 12.1 Å². The Morgan fingerprint density at radius 3 is 2.84 bits per heavy atom. The molecule has 1 aliphatic heterocycles. The molecule has 11 heteroatoms. The Kier molecular flexibility index (Phi) is 7.69. The molecule has 0 saturated carbocycles. The Balaban J connectivity index is 1.59. The number of nitrogens with one attached hydrogen (secondary N) is 2. The molecule has 0 bridgehead atoms. The summed E-state index contributed by atoms with van der Waals surface area (Å²) < 4.78 is 6.51. The molecule has 0 aliphatic carbocycles. The summed E-state index contributed by atoms with van der Waals surface area (Å²) >= 11 is 2.22. The van der Waals surface area contributed by atoms with Crippen LogP contribution >= 0.6 is 22.6 Å². The van der Waals surface area contributed by atoms with Crippen LogP contribution in [0.1, 0.15) is 32.8 Å². The predicted molar refractivity (Wildman–Crippen MR) is 130 cm³/mol. The van der Waals surface area contributed by atoms with E-state index in [0.29, 0.717) is 32.1 Å². The second-order valence-corrected chi connectivity index (χ2v) is 9.88. The fourth-order valence-corrected chi connectivity index (χ4v) is 3.89. The Bertz CT molecular complexity index is 981. The molecule has 1 aromatic heterocycles. The molecule has 3 rings (SSSR count). The highest BCUT2D eigenvalue weighted by molar-refractivity contribution is 14.1. The molecule has 10 nitrogen and oxygen atoms in total. The topological polar surface area (TPSA) is 123 Å². The molecular weight excluding hydrogens is 527 g/mol. The fourth-order valence-electron chi connectivity index (χ4n) is 3.28. The van der Waals surface area contributed by atoms with Crippen LogP contribution in [0.4, 0.5) is 22.2 Å². The van der Waals surface area contributed by atoms with E-state index in [0.717, 1.165) is 15.6 Å². The molecule has 1 saturated heterocycles. The maximum absolute atomic E-state index is 12.2. The molecule has 1 atom stereocenters. The maximum Gasteiger partial charge on any atom is 0.410 e. The maximum atomic E-state index is 12.2. The number of rotatable bonds is 7. The third kappa shape index (κ3) is 6.90. The summed E-state index contributed by atoms with van der Waals surface area (Å²) in [6.45, 7) is 7.69. The zero-order valence-corrected chi connectivity index (χ0v) is 20.5. The zero-order valence-electron chi connectivity index (χ0n) is 18.3. The van der Waals surface area contributed by atoms with E-state index in [1.165, 1.54) is 6.20 Å². The first-order chi connectivity index (χ1) is 15.1. The lowest BCUT2D eigenvalue weighted by Crippen LogP contribution is -2.35. The zero-order chi connectivity index (χ0) is 23.3. The average Bonchev–Trinajstić information content (AvgIpc) is 3.19. The Morgan fingerprint density at radius 2 is 2.16 bits per heavy atom. The SMILES string of the molecule is CC(C)(C)OC(=O)N1CCC(CNc2ncc([N+](=O)[O-])c(NCc3cccc(I)c3)n2)C1. The van der Waals surface area contributed by atoms with Crippen LogP contribution in [0.3, 0.4) is 0 Å². The molecule has 1 fully saturated rings. The van der Waals surface area contributed by atoms with Crippen LogP contribution < -0.4 is 10.6 Å². The predicted octanol–water partition coefficient (Wildman–Crippen LogP) is 4.27. The van der Waals surface area contributed by atoms with Gasteiger partial charge in [-0.25, -0.2) is 9.78 Å². The molecule has 2 aromatic rings. The smallest absolute Gasteiger partial charge is 0.410 e. The van der Waals surface area contributed by atoms with E-state index >= 15 is 0 Å². The van der Waals surface area contributed by atoms with Gasteiger partial charge < -0.3 is 20.3 Å². The van der Waals surface area contributed by atoms with Gasteiger partial charge in [0.05, 0.1) is 4.92 Å². The molecule has 2 N–H and O–H groups in total. The lowest BCUT2D eigenvalue weighted by atomic mass is 10.1. The quantitative estimate of drug-likeness (QED) is 0.296. The van der Waals surface area contributed by atoms with Gasteiger partial charge in [0.1, 0.15) is 11.8 Å². The molecule has 0 radical (unpaired) electrons. The van der Waals surface area contributed by atoms with Crippen molar-refractivity contribution >= 4 is 46.1 Å². The number of benzene rings is 1. The van der Waals surface area contributed by atoms with Crippen molar-refractivity contribution in [3.8, 4) is 0 Å². The Morgan fingerprint density at radius 1 is 1.38 bits per heavy atom. The first-order valence-electron chi connectivity index (χ1n) is 10.3. The number of carbonyl (C=O) groups excluding carboxylic acids is 1. The van der Waals surface area contributed by atoms with Gasteiger partial charge in [-0.3, -0.25) is 10.1 Å². The standard InChI is InChI=1S/C21H27IN6O4/c1-21(2,3)32-20(29)27-8-7-15(13-27)11-24-19-25-12-17(28(30)31)18(26-19)23-10-14-5-4-6-16(22)9-14/h4-6,9,12,15H,7-8,10-11,13H2,1-3H3,(H2,23,24,25,26). The highest BCUT2D eigenvalue weighted by atomic mass is 127. The van der Waals surface area contributed by atoms with E-state index in [-0.39, 0.29) is 23.5 Å². The van der Waals surface area contributed by atoms with E-state index < -0.39 is 10.5 Å². The first kappa shape index (κ1) is 24.0. The summed E-state index contributed by atoms with van der Waals surface area (Å²) in [6.07, 6.45) is 1.72. The minimum atomic E-state index is -0.526. The van der Waals surface area contributed by atoms with Gasteiger partial charge in [-0.05, 0) is 73.4 Å². The Hall–Kier alpha value is -2.70. The second-order valence-electron chi connectivity index (χ2n) is 8.63. The highest BCUT2D eigenvalue weighted by Crippen LogP contribution is 2.24. The second kappa shape index (κ2) is 10.3. The van der Waals surface area contributed by atoms with Crippen molar-refractivity contribution in [2.45, 2.75) is 39.3 Å². The minimum absolute atomic E-state index is 0.160. The van der Waals surface area contributed by atoms with Gasteiger partial charge >= 0.3 is 11.8 Å². The molecule has 1 unspecified atom stereocenters. The van der Waals surface area contributed by atoms with Crippen LogP contribution in [-0.4, -0.2) is 51.1 Å².